The lowest BCUT2D eigenvalue weighted by atomic mass is 10.1. The van der Waals surface area contributed by atoms with E-state index in [-0.39, 0.29) is 11.5 Å². The van der Waals surface area contributed by atoms with Gasteiger partial charge in [0.25, 0.3) is 0 Å². The lowest BCUT2D eigenvalue weighted by Crippen LogP contribution is -2.10. The van der Waals surface area contributed by atoms with Crippen LogP contribution in [0.3, 0.4) is 0 Å². The summed E-state index contributed by atoms with van der Waals surface area (Å²) in [7, 11) is 0. The highest BCUT2D eigenvalue weighted by atomic mass is 32.1. The third-order valence-electron chi connectivity index (χ3n) is 2.50. The number of benzene rings is 2. The number of hydrogen-bond donors (Lipinski definition) is 3. The molecule has 94 valence electrons. The molecule has 19 heavy (non-hydrogen) atoms. The lowest BCUT2D eigenvalue weighted by molar-refractivity contribution is 0.450. The number of phenolic OH excluding ortho intramolecular Hbond substituents is 2. The van der Waals surface area contributed by atoms with Gasteiger partial charge in [0, 0.05) is 11.8 Å². The maximum atomic E-state index is 9.69. The van der Waals surface area contributed by atoms with E-state index in [2.05, 4.69) is 5.32 Å². The average molecular weight is 270 g/mol. The third kappa shape index (κ3) is 3.00. The van der Waals surface area contributed by atoms with Gasteiger partial charge in [-0.1, -0.05) is 12.2 Å². The number of phenols is 2. The molecule has 0 atom stereocenters. The molecule has 0 aliphatic rings. The molecule has 4 nitrogen and oxygen atoms in total. The van der Waals surface area contributed by atoms with Crippen molar-refractivity contribution in [2.45, 2.75) is 0 Å². The Morgan fingerprint density at radius 1 is 1.11 bits per heavy atom. The van der Waals surface area contributed by atoms with Gasteiger partial charge in [0.05, 0.1) is 17.2 Å². The van der Waals surface area contributed by atoms with Gasteiger partial charge in [0.15, 0.2) is 0 Å². The fraction of sp³-hybridized carbons (Fsp3) is 0. The van der Waals surface area contributed by atoms with Gasteiger partial charge in [-0.15, -0.1) is 0 Å². The summed E-state index contributed by atoms with van der Waals surface area (Å²) >= 11 is 5.18. The molecule has 0 bridgehead atoms. The van der Waals surface area contributed by atoms with Crippen molar-refractivity contribution in [3.63, 3.8) is 0 Å². The molecule has 0 unspecified atom stereocenters. The molecule has 0 amide bonds. The Morgan fingerprint density at radius 3 is 2.37 bits per heavy atom. The molecule has 0 aromatic heterocycles. The van der Waals surface area contributed by atoms with Gasteiger partial charge < -0.3 is 15.5 Å². The molecule has 2 aromatic rings. The van der Waals surface area contributed by atoms with Crippen LogP contribution in [0.1, 0.15) is 11.1 Å². The first kappa shape index (κ1) is 12.9. The number of anilines is 1. The van der Waals surface area contributed by atoms with Gasteiger partial charge in [0.1, 0.15) is 16.5 Å². The summed E-state index contributed by atoms with van der Waals surface area (Å²) in [5.74, 6) is -0.117. The van der Waals surface area contributed by atoms with Crippen LogP contribution < -0.4 is 5.32 Å². The first-order valence-electron chi connectivity index (χ1n) is 5.43. The fourth-order valence-electron chi connectivity index (χ4n) is 1.54. The predicted molar refractivity (Wildman–Crippen MR) is 76.3 cm³/mol. The molecule has 0 saturated heterocycles. The van der Waals surface area contributed by atoms with Gasteiger partial charge in [-0.2, -0.15) is 5.26 Å². The molecule has 3 N–H and O–H groups in total. The molecule has 0 fully saturated rings. The molecule has 0 spiro atoms. The average Bonchev–Trinajstić information content (AvgIpc) is 2.39. The second-order valence-corrected chi connectivity index (χ2v) is 4.25. The number of aromatic hydroxyl groups is 2. The van der Waals surface area contributed by atoms with Crippen molar-refractivity contribution in [3.05, 3.63) is 53.6 Å². The van der Waals surface area contributed by atoms with E-state index in [0.717, 1.165) is 5.69 Å². The van der Waals surface area contributed by atoms with Crippen LogP contribution in [0, 0.1) is 11.3 Å². The number of rotatable bonds is 2. The molecule has 0 heterocycles. The van der Waals surface area contributed by atoms with Crippen molar-refractivity contribution in [1.82, 2.24) is 0 Å². The standard InChI is InChI=1S/C14H10N2O2S/c15-8-9-1-3-10(4-2-9)16-14(19)12-6-5-11(17)7-13(12)18/h1-7,17-18H,(H,16,19). The highest BCUT2D eigenvalue weighted by Gasteiger charge is 2.08. The lowest BCUT2D eigenvalue weighted by Gasteiger charge is -2.09. The van der Waals surface area contributed by atoms with Gasteiger partial charge >= 0.3 is 0 Å². The Morgan fingerprint density at radius 2 is 1.79 bits per heavy atom. The zero-order valence-electron chi connectivity index (χ0n) is 9.79. The summed E-state index contributed by atoms with van der Waals surface area (Å²) < 4.78 is 0. The van der Waals surface area contributed by atoms with Gasteiger partial charge in [-0.25, -0.2) is 0 Å². The zero-order valence-corrected chi connectivity index (χ0v) is 10.6. The zero-order chi connectivity index (χ0) is 13.8. The maximum absolute atomic E-state index is 9.69. The van der Waals surface area contributed by atoms with Gasteiger partial charge in [0.2, 0.25) is 0 Å². The summed E-state index contributed by atoms with van der Waals surface area (Å²) in [5.41, 5.74) is 1.71. The van der Waals surface area contributed by atoms with Crippen molar-refractivity contribution < 1.29 is 10.2 Å². The predicted octanol–water partition coefficient (Wildman–Crippen LogP) is 2.76. The summed E-state index contributed by atoms with van der Waals surface area (Å²) in [6.07, 6.45) is 0. The summed E-state index contributed by atoms with van der Waals surface area (Å²) in [5, 5.41) is 30.6. The number of thiocarbonyl (C=S) groups is 1. The molecule has 2 aromatic carbocycles. The monoisotopic (exact) mass is 270 g/mol. The van der Waals surface area contributed by atoms with E-state index in [1.54, 1.807) is 24.3 Å². The molecule has 0 aliphatic carbocycles. The first-order chi connectivity index (χ1) is 9.10. The van der Waals surface area contributed by atoms with E-state index in [0.29, 0.717) is 16.1 Å². The second-order valence-electron chi connectivity index (χ2n) is 3.84. The van der Waals surface area contributed by atoms with E-state index >= 15 is 0 Å². The minimum absolute atomic E-state index is 0.0255. The second kappa shape index (κ2) is 5.38. The van der Waals surface area contributed by atoms with Crippen molar-refractivity contribution in [1.29, 1.82) is 5.26 Å². The Bertz CT molecular complexity index is 660. The highest BCUT2D eigenvalue weighted by Crippen LogP contribution is 2.24. The third-order valence-corrected chi connectivity index (χ3v) is 2.82. The molecular weight excluding hydrogens is 260 g/mol. The van der Waals surface area contributed by atoms with Gasteiger partial charge in [-0.05, 0) is 36.4 Å². The summed E-state index contributed by atoms with van der Waals surface area (Å²) in [6, 6.07) is 13.0. The Balaban J connectivity index is 2.18. The van der Waals surface area contributed by atoms with Crippen LogP contribution in [0.25, 0.3) is 0 Å². The van der Waals surface area contributed by atoms with Crippen molar-refractivity contribution in [3.8, 4) is 17.6 Å². The SMILES string of the molecule is N#Cc1ccc(NC(=S)c2ccc(O)cc2O)cc1. The minimum atomic E-state index is -0.0915. The Hall–Kier alpha value is -2.58. The highest BCUT2D eigenvalue weighted by molar-refractivity contribution is 7.81. The molecule has 2 rings (SSSR count). The number of nitrogens with one attached hydrogen (secondary N) is 1. The Labute approximate surface area is 115 Å². The van der Waals surface area contributed by atoms with E-state index in [1.165, 1.54) is 18.2 Å². The van der Waals surface area contributed by atoms with Crippen molar-refractivity contribution in [2.24, 2.45) is 0 Å². The largest absolute Gasteiger partial charge is 0.508 e. The topological polar surface area (TPSA) is 76.3 Å². The van der Waals surface area contributed by atoms with Crippen molar-refractivity contribution >= 4 is 22.9 Å². The van der Waals surface area contributed by atoms with Crippen LogP contribution >= 0.6 is 12.2 Å². The van der Waals surface area contributed by atoms with E-state index in [9.17, 15) is 10.2 Å². The number of nitriles is 1. The maximum Gasteiger partial charge on any atom is 0.129 e. The summed E-state index contributed by atoms with van der Waals surface area (Å²) in [6.45, 7) is 0. The van der Waals surface area contributed by atoms with Crippen molar-refractivity contribution in [2.75, 3.05) is 5.32 Å². The van der Waals surface area contributed by atoms with E-state index < -0.39 is 0 Å². The first-order valence-corrected chi connectivity index (χ1v) is 5.84. The fourth-order valence-corrected chi connectivity index (χ4v) is 1.83. The molecular formula is C14H10N2O2S. The molecule has 5 heteroatoms. The minimum Gasteiger partial charge on any atom is -0.508 e. The van der Waals surface area contributed by atoms with E-state index in [1.807, 2.05) is 6.07 Å². The van der Waals surface area contributed by atoms with Crippen LogP contribution in [-0.2, 0) is 0 Å². The number of nitrogens with zero attached hydrogens (tertiary/aromatic N) is 1. The van der Waals surface area contributed by atoms with Crippen LogP contribution in [-0.4, -0.2) is 15.2 Å². The molecule has 0 saturated carbocycles. The molecule has 0 aliphatic heterocycles. The Kier molecular flexibility index (Phi) is 3.64. The van der Waals surface area contributed by atoms with Gasteiger partial charge in [-0.3, -0.25) is 0 Å². The molecule has 0 radical (unpaired) electrons. The number of hydrogen-bond acceptors (Lipinski definition) is 4. The van der Waals surface area contributed by atoms with Crippen LogP contribution in [0.4, 0.5) is 5.69 Å². The van der Waals surface area contributed by atoms with E-state index in [4.69, 9.17) is 17.5 Å². The van der Waals surface area contributed by atoms with Crippen LogP contribution in [0.15, 0.2) is 42.5 Å². The normalized spacial score (nSPS) is 9.63. The summed E-state index contributed by atoms with van der Waals surface area (Å²) in [4.78, 5) is 0.335. The quantitative estimate of drug-likeness (QED) is 0.731. The van der Waals surface area contributed by atoms with Crippen LogP contribution in [0.5, 0.6) is 11.5 Å². The smallest absolute Gasteiger partial charge is 0.129 e. The van der Waals surface area contributed by atoms with Crippen LogP contribution in [0.2, 0.25) is 0 Å².